The Kier molecular flexibility index (Phi) is 3.17. The molecule has 1 aromatic heterocycles. The molecule has 0 unspecified atom stereocenters. The Bertz CT molecular complexity index is 721. The first-order chi connectivity index (χ1) is 9.40. The largest absolute Gasteiger partial charge is 0.476 e. The summed E-state index contributed by atoms with van der Waals surface area (Å²) in [5, 5.41) is 19.8. The average Bonchev–Trinajstić information content (AvgIpc) is 2.87. The molecule has 0 aliphatic rings. The predicted octanol–water partition coefficient (Wildman–Crippen LogP) is 0.578. The van der Waals surface area contributed by atoms with Gasteiger partial charge in [-0.3, -0.25) is 19.5 Å². The summed E-state index contributed by atoms with van der Waals surface area (Å²) in [6.45, 7) is 0. The average molecular weight is 276 g/mol. The van der Waals surface area contributed by atoms with Gasteiger partial charge in [-0.25, -0.2) is 9.78 Å². The first kappa shape index (κ1) is 13.2. The third-order valence-electron chi connectivity index (χ3n) is 2.54. The minimum Gasteiger partial charge on any atom is -0.476 e. The fourth-order valence-electron chi connectivity index (χ4n) is 1.61. The third kappa shape index (κ3) is 2.32. The number of hydrogen-bond donors (Lipinski definition) is 2. The number of carbonyl (C=O) groups is 2. The van der Waals surface area contributed by atoms with E-state index in [1.165, 1.54) is 16.7 Å². The van der Waals surface area contributed by atoms with Crippen molar-refractivity contribution in [2.45, 2.75) is 0 Å². The Hall–Kier alpha value is -3.23. The lowest BCUT2D eigenvalue weighted by molar-refractivity contribution is -0.384. The number of nitrogens with zero attached hydrogens (tertiary/aromatic N) is 3. The van der Waals surface area contributed by atoms with Crippen LogP contribution in [0.4, 0.5) is 5.69 Å². The van der Waals surface area contributed by atoms with E-state index in [4.69, 9.17) is 10.8 Å². The second kappa shape index (κ2) is 4.80. The van der Waals surface area contributed by atoms with Crippen LogP contribution >= 0.6 is 0 Å². The summed E-state index contributed by atoms with van der Waals surface area (Å²) in [4.78, 5) is 35.7. The van der Waals surface area contributed by atoms with Gasteiger partial charge in [0.2, 0.25) is 5.91 Å². The molecule has 9 nitrogen and oxygen atoms in total. The quantitative estimate of drug-likeness (QED) is 0.617. The highest BCUT2D eigenvalue weighted by Gasteiger charge is 2.19. The van der Waals surface area contributed by atoms with Gasteiger partial charge >= 0.3 is 5.97 Å². The van der Waals surface area contributed by atoms with Crippen LogP contribution in [0.2, 0.25) is 0 Å². The van der Waals surface area contributed by atoms with Crippen LogP contribution in [0.5, 0.6) is 0 Å². The highest BCUT2D eigenvalue weighted by molar-refractivity contribution is 5.94. The SMILES string of the molecule is NC(=O)c1ccc(-n2cnc(C(=O)O)c2)c([N+](=O)[O-])c1. The molecule has 1 heterocycles. The summed E-state index contributed by atoms with van der Waals surface area (Å²) in [7, 11) is 0. The summed E-state index contributed by atoms with van der Waals surface area (Å²) in [5.74, 6) is -2.04. The van der Waals surface area contributed by atoms with Crippen LogP contribution in [0.25, 0.3) is 5.69 Å². The highest BCUT2D eigenvalue weighted by Crippen LogP contribution is 2.24. The number of carboxylic acid groups (broad SMARTS) is 1. The fourth-order valence-corrected chi connectivity index (χ4v) is 1.61. The van der Waals surface area contributed by atoms with Crippen molar-refractivity contribution in [1.82, 2.24) is 9.55 Å². The topological polar surface area (TPSA) is 141 Å². The molecule has 0 atom stereocenters. The number of primary amides is 1. The molecule has 0 radical (unpaired) electrons. The van der Waals surface area contributed by atoms with Crippen molar-refractivity contribution >= 4 is 17.6 Å². The number of nitro groups is 1. The first-order valence-electron chi connectivity index (χ1n) is 5.26. The molecule has 0 aliphatic carbocycles. The molecule has 2 rings (SSSR count). The van der Waals surface area contributed by atoms with E-state index < -0.39 is 16.8 Å². The van der Waals surface area contributed by atoms with Crippen molar-refractivity contribution in [1.29, 1.82) is 0 Å². The molecule has 3 N–H and O–H groups in total. The summed E-state index contributed by atoms with van der Waals surface area (Å²) < 4.78 is 1.19. The van der Waals surface area contributed by atoms with Crippen molar-refractivity contribution in [2.24, 2.45) is 5.73 Å². The molecular weight excluding hydrogens is 268 g/mol. The Balaban J connectivity index is 2.57. The number of aromatic carboxylic acids is 1. The Morgan fingerprint density at radius 3 is 2.60 bits per heavy atom. The third-order valence-corrected chi connectivity index (χ3v) is 2.54. The number of carbonyl (C=O) groups excluding carboxylic acids is 1. The summed E-state index contributed by atoms with van der Waals surface area (Å²) in [5.41, 5.74) is 4.49. The zero-order valence-electron chi connectivity index (χ0n) is 9.89. The van der Waals surface area contributed by atoms with Crippen LogP contribution in [0.1, 0.15) is 20.8 Å². The number of imidazole rings is 1. The lowest BCUT2D eigenvalue weighted by atomic mass is 10.1. The Labute approximate surface area is 111 Å². The smallest absolute Gasteiger partial charge is 0.356 e. The second-order valence-corrected chi connectivity index (χ2v) is 3.80. The van der Waals surface area contributed by atoms with Gasteiger partial charge in [0, 0.05) is 17.8 Å². The predicted molar refractivity (Wildman–Crippen MR) is 65.7 cm³/mol. The molecule has 0 saturated carbocycles. The lowest BCUT2D eigenvalue weighted by Crippen LogP contribution is -2.11. The molecule has 0 aliphatic heterocycles. The zero-order valence-corrected chi connectivity index (χ0v) is 9.89. The van der Waals surface area contributed by atoms with Gasteiger partial charge in [-0.1, -0.05) is 0 Å². The van der Waals surface area contributed by atoms with Crippen LogP contribution in [-0.2, 0) is 0 Å². The molecule has 1 amide bonds. The monoisotopic (exact) mass is 276 g/mol. The summed E-state index contributed by atoms with van der Waals surface area (Å²) >= 11 is 0. The van der Waals surface area contributed by atoms with Crippen molar-refractivity contribution in [3.05, 3.63) is 52.1 Å². The lowest BCUT2D eigenvalue weighted by Gasteiger charge is -2.04. The molecule has 1 aromatic carbocycles. The minimum atomic E-state index is -1.25. The molecule has 20 heavy (non-hydrogen) atoms. The van der Waals surface area contributed by atoms with E-state index in [-0.39, 0.29) is 22.6 Å². The van der Waals surface area contributed by atoms with Gasteiger partial charge < -0.3 is 10.8 Å². The molecule has 2 aromatic rings. The van der Waals surface area contributed by atoms with Gasteiger partial charge in [0.1, 0.15) is 12.0 Å². The van der Waals surface area contributed by atoms with Crippen molar-refractivity contribution < 1.29 is 19.6 Å². The Morgan fingerprint density at radius 2 is 2.10 bits per heavy atom. The molecule has 102 valence electrons. The van der Waals surface area contributed by atoms with E-state index in [1.54, 1.807) is 0 Å². The Morgan fingerprint density at radius 1 is 1.40 bits per heavy atom. The van der Waals surface area contributed by atoms with Gasteiger partial charge in [-0.2, -0.15) is 0 Å². The molecule has 0 saturated heterocycles. The van der Waals surface area contributed by atoms with E-state index in [9.17, 15) is 19.7 Å². The minimum absolute atomic E-state index is 0.0148. The highest BCUT2D eigenvalue weighted by atomic mass is 16.6. The first-order valence-corrected chi connectivity index (χ1v) is 5.26. The van der Waals surface area contributed by atoms with Gasteiger partial charge in [0.05, 0.1) is 4.92 Å². The molecular formula is C11H8N4O5. The number of benzene rings is 1. The van der Waals surface area contributed by atoms with E-state index in [0.717, 1.165) is 18.6 Å². The number of rotatable bonds is 4. The zero-order chi connectivity index (χ0) is 14.9. The van der Waals surface area contributed by atoms with Gasteiger partial charge in [0.15, 0.2) is 5.69 Å². The van der Waals surface area contributed by atoms with Crippen molar-refractivity contribution in [3.8, 4) is 5.69 Å². The maximum atomic E-state index is 11.0. The summed E-state index contributed by atoms with van der Waals surface area (Å²) in [6, 6.07) is 3.63. The van der Waals surface area contributed by atoms with Crippen LogP contribution in [0.3, 0.4) is 0 Å². The van der Waals surface area contributed by atoms with Crippen LogP contribution in [0.15, 0.2) is 30.7 Å². The van der Waals surface area contributed by atoms with E-state index >= 15 is 0 Å². The fraction of sp³-hybridized carbons (Fsp3) is 0. The standard InChI is InChI=1S/C11H8N4O5/c12-10(16)6-1-2-8(9(3-6)15(19)20)14-4-7(11(17)18)13-5-14/h1-5H,(H2,12,16)(H,17,18). The normalized spacial score (nSPS) is 10.2. The molecule has 9 heteroatoms. The maximum Gasteiger partial charge on any atom is 0.356 e. The number of aromatic nitrogens is 2. The van der Waals surface area contributed by atoms with Crippen LogP contribution in [0, 0.1) is 10.1 Å². The van der Waals surface area contributed by atoms with E-state index in [0.29, 0.717) is 0 Å². The number of amides is 1. The summed E-state index contributed by atoms with van der Waals surface area (Å²) in [6.07, 6.45) is 2.27. The van der Waals surface area contributed by atoms with E-state index in [2.05, 4.69) is 4.98 Å². The second-order valence-electron chi connectivity index (χ2n) is 3.80. The number of hydrogen-bond acceptors (Lipinski definition) is 5. The maximum absolute atomic E-state index is 11.0. The molecule has 0 fully saturated rings. The van der Waals surface area contributed by atoms with Gasteiger partial charge in [-0.05, 0) is 12.1 Å². The molecule has 0 spiro atoms. The van der Waals surface area contributed by atoms with Crippen molar-refractivity contribution in [2.75, 3.05) is 0 Å². The van der Waals surface area contributed by atoms with E-state index in [1.807, 2.05) is 0 Å². The van der Waals surface area contributed by atoms with Crippen molar-refractivity contribution in [3.63, 3.8) is 0 Å². The number of nitro benzene ring substituents is 1. The van der Waals surface area contributed by atoms with Crippen LogP contribution in [-0.4, -0.2) is 31.5 Å². The van der Waals surface area contributed by atoms with Crippen LogP contribution < -0.4 is 5.73 Å². The van der Waals surface area contributed by atoms with Gasteiger partial charge in [0.25, 0.3) is 5.69 Å². The molecule has 0 bridgehead atoms. The number of carboxylic acids is 1. The number of nitrogens with two attached hydrogens (primary N) is 1. The van der Waals surface area contributed by atoms with Gasteiger partial charge in [-0.15, -0.1) is 0 Å².